The van der Waals surface area contributed by atoms with Gasteiger partial charge in [-0.3, -0.25) is 10.1 Å². The van der Waals surface area contributed by atoms with Gasteiger partial charge in [0, 0.05) is 17.1 Å². The summed E-state index contributed by atoms with van der Waals surface area (Å²) in [5, 5.41) is 23.7. The number of nitro benzene ring substituents is 1. The average molecular weight is 385 g/mol. The number of aliphatic hydroxyl groups is 1. The van der Waals surface area contributed by atoms with Gasteiger partial charge in [0.05, 0.1) is 4.92 Å². The van der Waals surface area contributed by atoms with Crippen LogP contribution in [0.25, 0.3) is 0 Å². The summed E-state index contributed by atoms with van der Waals surface area (Å²) in [5.41, 5.74) is 0.213. The Morgan fingerprint density at radius 3 is 2.65 bits per heavy atom. The van der Waals surface area contributed by atoms with E-state index in [2.05, 4.69) is 21.2 Å². The number of aliphatic hydroxyl groups excluding tert-OH is 1. The Morgan fingerprint density at radius 1 is 1.30 bits per heavy atom. The monoisotopic (exact) mass is 384 g/mol. The van der Waals surface area contributed by atoms with Crippen LogP contribution in [-0.2, 0) is 0 Å². The molecule has 0 fully saturated rings. The molecule has 23 heavy (non-hydrogen) atoms. The van der Waals surface area contributed by atoms with E-state index in [0.29, 0.717) is 15.9 Å². The second kappa shape index (κ2) is 7.89. The summed E-state index contributed by atoms with van der Waals surface area (Å²) in [6.07, 6.45) is -0.886. The van der Waals surface area contributed by atoms with Gasteiger partial charge in [0.2, 0.25) is 0 Å². The summed E-state index contributed by atoms with van der Waals surface area (Å²) >= 11 is 3.17. The molecule has 1 unspecified atom stereocenters. The lowest BCUT2D eigenvalue weighted by Crippen LogP contribution is -2.26. The molecule has 0 saturated heterocycles. The van der Waals surface area contributed by atoms with Gasteiger partial charge < -0.3 is 15.2 Å². The summed E-state index contributed by atoms with van der Waals surface area (Å²) < 4.78 is 18.7. The number of nitrogens with one attached hydrogen (secondary N) is 1. The van der Waals surface area contributed by atoms with Crippen LogP contribution in [0.4, 0.5) is 15.8 Å². The van der Waals surface area contributed by atoms with Gasteiger partial charge in [-0.05, 0) is 36.4 Å². The number of rotatable bonds is 7. The molecule has 0 aliphatic carbocycles. The second-order valence-corrected chi connectivity index (χ2v) is 5.63. The molecule has 0 aliphatic heterocycles. The fourth-order valence-corrected chi connectivity index (χ4v) is 2.16. The molecule has 2 rings (SSSR count). The second-order valence-electron chi connectivity index (χ2n) is 4.72. The van der Waals surface area contributed by atoms with Crippen molar-refractivity contribution >= 4 is 27.3 Å². The molecular formula is C15H14BrFN2O4. The van der Waals surface area contributed by atoms with Crippen molar-refractivity contribution in [1.29, 1.82) is 0 Å². The molecule has 0 spiro atoms. The highest BCUT2D eigenvalue weighted by Gasteiger charge is 2.15. The lowest BCUT2D eigenvalue weighted by atomic mass is 10.2. The normalized spacial score (nSPS) is 11.8. The zero-order chi connectivity index (χ0) is 16.8. The van der Waals surface area contributed by atoms with Crippen molar-refractivity contribution in [3.05, 3.63) is 62.9 Å². The average Bonchev–Trinajstić information content (AvgIpc) is 2.53. The first-order valence-electron chi connectivity index (χ1n) is 6.70. The van der Waals surface area contributed by atoms with Crippen LogP contribution < -0.4 is 10.1 Å². The van der Waals surface area contributed by atoms with Crippen molar-refractivity contribution in [2.45, 2.75) is 6.10 Å². The number of nitrogens with zero attached hydrogens (tertiary/aromatic N) is 1. The van der Waals surface area contributed by atoms with E-state index in [-0.39, 0.29) is 24.7 Å². The Hall–Kier alpha value is -2.19. The number of hydrogen-bond acceptors (Lipinski definition) is 5. The smallest absolute Gasteiger partial charge is 0.293 e. The van der Waals surface area contributed by atoms with Crippen LogP contribution in [0.5, 0.6) is 5.75 Å². The predicted molar refractivity (Wildman–Crippen MR) is 87.2 cm³/mol. The molecule has 2 aromatic carbocycles. The van der Waals surface area contributed by atoms with Gasteiger partial charge in [-0.1, -0.05) is 15.9 Å². The predicted octanol–water partition coefficient (Wildman–Crippen LogP) is 3.35. The highest BCUT2D eigenvalue weighted by Crippen LogP contribution is 2.27. The summed E-state index contributed by atoms with van der Waals surface area (Å²) in [5.74, 6) is 0.0576. The van der Waals surface area contributed by atoms with Crippen LogP contribution >= 0.6 is 15.9 Å². The molecule has 8 heteroatoms. The van der Waals surface area contributed by atoms with Gasteiger partial charge in [0.1, 0.15) is 30.0 Å². The zero-order valence-electron chi connectivity index (χ0n) is 11.9. The highest BCUT2D eigenvalue weighted by molar-refractivity contribution is 9.10. The Balaban J connectivity index is 1.88. The Kier molecular flexibility index (Phi) is 5.89. The first-order valence-corrected chi connectivity index (χ1v) is 7.49. The lowest BCUT2D eigenvalue weighted by Gasteiger charge is -2.14. The van der Waals surface area contributed by atoms with E-state index in [1.54, 1.807) is 12.1 Å². The van der Waals surface area contributed by atoms with E-state index in [4.69, 9.17) is 4.74 Å². The highest BCUT2D eigenvalue weighted by atomic mass is 79.9. The molecule has 0 saturated carbocycles. The van der Waals surface area contributed by atoms with Gasteiger partial charge >= 0.3 is 0 Å². The molecule has 2 aromatic rings. The molecular weight excluding hydrogens is 371 g/mol. The Morgan fingerprint density at radius 2 is 2.00 bits per heavy atom. The van der Waals surface area contributed by atoms with Crippen molar-refractivity contribution in [2.75, 3.05) is 18.5 Å². The minimum Gasteiger partial charge on any atom is -0.491 e. The molecule has 0 amide bonds. The first kappa shape index (κ1) is 17.2. The van der Waals surface area contributed by atoms with Crippen LogP contribution in [0.15, 0.2) is 46.9 Å². The van der Waals surface area contributed by atoms with E-state index >= 15 is 0 Å². The molecule has 6 nitrogen and oxygen atoms in total. The maximum Gasteiger partial charge on any atom is 0.293 e. The first-order chi connectivity index (χ1) is 11.0. The van der Waals surface area contributed by atoms with Crippen molar-refractivity contribution in [3.63, 3.8) is 0 Å². The largest absolute Gasteiger partial charge is 0.491 e. The number of nitro groups is 1. The molecule has 0 heterocycles. The Labute approximate surface area is 140 Å². The van der Waals surface area contributed by atoms with Crippen LogP contribution in [0.3, 0.4) is 0 Å². The van der Waals surface area contributed by atoms with Gasteiger partial charge in [-0.2, -0.15) is 0 Å². The molecule has 0 aromatic heterocycles. The van der Waals surface area contributed by atoms with E-state index in [0.717, 1.165) is 0 Å². The summed E-state index contributed by atoms with van der Waals surface area (Å²) in [7, 11) is 0. The van der Waals surface area contributed by atoms with Crippen molar-refractivity contribution in [3.8, 4) is 5.75 Å². The van der Waals surface area contributed by atoms with Gasteiger partial charge in [-0.15, -0.1) is 0 Å². The van der Waals surface area contributed by atoms with Gasteiger partial charge in [-0.25, -0.2) is 4.39 Å². The van der Waals surface area contributed by atoms with Crippen LogP contribution in [-0.4, -0.2) is 29.3 Å². The van der Waals surface area contributed by atoms with Crippen molar-refractivity contribution in [2.24, 2.45) is 0 Å². The van der Waals surface area contributed by atoms with Crippen molar-refractivity contribution in [1.82, 2.24) is 0 Å². The fraction of sp³-hybridized carbons (Fsp3) is 0.200. The summed E-state index contributed by atoms with van der Waals surface area (Å²) in [6.45, 7) is 0.0482. The lowest BCUT2D eigenvalue weighted by molar-refractivity contribution is -0.384. The number of halogens is 2. The fourth-order valence-electron chi connectivity index (χ4n) is 1.82. The summed E-state index contributed by atoms with van der Waals surface area (Å²) in [4.78, 5) is 10.5. The molecule has 122 valence electrons. The number of hydrogen-bond donors (Lipinski definition) is 2. The standard InChI is InChI=1S/C15H14BrFN2O4/c16-10-1-6-14(15(7-10)19(21)22)18-8-12(20)9-23-13-4-2-11(17)3-5-13/h1-7,12,18,20H,8-9H2. The molecule has 0 radical (unpaired) electrons. The zero-order valence-corrected chi connectivity index (χ0v) is 13.5. The number of ether oxygens (including phenoxy) is 1. The van der Waals surface area contributed by atoms with Crippen LogP contribution in [0, 0.1) is 15.9 Å². The minimum atomic E-state index is -0.886. The number of benzene rings is 2. The van der Waals surface area contributed by atoms with Gasteiger partial charge in [0.15, 0.2) is 0 Å². The SMILES string of the molecule is O=[N+]([O-])c1cc(Br)ccc1NCC(O)COc1ccc(F)cc1. The molecule has 0 bridgehead atoms. The maximum absolute atomic E-state index is 12.8. The third-order valence-corrected chi connectivity index (χ3v) is 3.43. The maximum atomic E-state index is 12.8. The molecule has 2 N–H and O–H groups in total. The van der Waals surface area contributed by atoms with Crippen LogP contribution in [0.2, 0.25) is 0 Å². The topological polar surface area (TPSA) is 84.6 Å². The third-order valence-electron chi connectivity index (χ3n) is 2.94. The van der Waals surface area contributed by atoms with E-state index < -0.39 is 11.0 Å². The third kappa shape index (κ3) is 5.19. The minimum absolute atomic E-state index is 0.0248. The summed E-state index contributed by atoms with van der Waals surface area (Å²) in [6, 6.07) is 10.0. The number of anilines is 1. The molecule has 0 aliphatic rings. The van der Waals surface area contributed by atoms with Crippen LogP contribution in [0.1, 0.15) is 0 Å². The molecule has 1 atom stereocenters. The van der Waals surface area contributed by atoms with E-state index in [1.807, 2.05) is 0 Å². The van der Waals surface area contributed by atoms with Crippen molar-refractivity contribution < 1.29 is 19.2 Å². The van der Waals surface area contributed by atoms with E-state index in [1.165, 1.54) is 30.3 Å². The quantitative estimate of drug-likeness (QED) is 0.564. The van der Waals surface area contributed by atoms with Gasteiger partial charge in [0.25, 0.3) is 5.69 Å². The van der Waals surface area contributed by atoms with E-state index in [9.17, 15) is 19.6 Å². The Bertz CT molecular complexity index is 682.